The normalized spacial score (nSPS) is 17.4. The highest BCUT2D eigenvalue weighted by Gasteiger charge is 2.28. The third kappa shape index (κ3) is 4.53. The van der Waals surface area contributed by atoms with E-state index in [-0.39, 0.29) is 30.6 Å². The molecule has 0 radical (unpaired) electrons. The van der Waals surface area contributed by atoms with E-state index in [1.165, 1.54) is 0 Å². The molecule has 0 bridgehead atoms. The van der Waals surface area contributed by atoms with Crippen molar-refractivity contribution in [3.8, 4) is 11.6 Å². The highest BCUT2D eigenvalue weighted by Crippen LogP contribution is 2.20. The van der Waals surface area contributed by atoms with Gasteiger partial charge in [0.2, 0.25) is 23.4 Å². The molecule has 1 amide bonds. The van der Waals surface area contributed by atoms with Crippen LogP contribution in [0.3, 0.4) is 0 Å². The lowest BCUT2D eigenvalue weighted by atomic mass is 10.1. The van der Waals surface area contributed by atoms with Crippen LogP contribution in [0.1, 0.15) is 18.7 Å². The summed E-state index contributed by atoms with van der Waals surface area (Å²) >= 11 is 1.67. The van der Waals surface area contributed by atoms with Crippen LogP contribution in [0.5, 0.6) is 0 Å². The Bertz CT molecular complexity index is 739. The lowest BCUT2D eigenvalue weighted by Crippen LogP contribution is -2.47. The predicted octanol–water partition coefficient (Wildman–Crippen LogP) is 0.878. The Kier molecular flexibility index (Phi) is 5.59. The van der Waals surface area contributed by atoms with Gasteiger partial charge in [0, 0.05) is 43.3 Å². The first-order valence-corrected chi connectivity index (χ1v) is 8.98. The molecule has 10 heteroatoms. The lowest BCUT2D eigenvalue weighted by Gasteiger charge is -2.34. The molecule has 1 fully saturated rings. The number of hydrogen-bond acceptors (Lipinski definition) is 8. The van der Waals surface area contributed by atoms with Gasteiger partial charge < -0.3 is 14.5 Å². The SMILES string of the molecule is O=C(O)CC1CSCCN1C(=O)CCc1nc(-c2ncccn2)no1. The highest BCUT2D eigenvalue weighted by atomic mass is 32.2. The summed E-state index contributed by atoms with van der Waals surface area (Å²) in [5, 5.41) is 12.8. The predicted molar refractivity (Wildman–Crippen MR) is 88.7 cm³/mol. The molecule has 132 valence electrons. The first-order valence-electron chi connectivity index (χ1n) is 7.82. The molecular weight excluding hydrogens is 346 g/mol. The molecule has 1 saturated heterocycles. The van der Waals surface area contributed by atoms with E-state index in [1.54, 1.807) is 35.1 Å². The molecule has 1 aliphatic heterocycles. The summed E-state index contributed by atoms with van der Waals surface area (Å²) in [5.74, 6) is 1.44. The summed E-state index contributed by atoms with van der Waals surface area (Å²) < 4.78 is 5.14. The fourth-order valence-corrected chi connectivity index (χ4v) is 3.64. The number of nitrogens with zero attached hydrogens (tertiary/aromatic N) is 5. The average Bonchev–Trinajstić information content (AvgIpc) is 3.09. The smallest absolute Gasteiger partial charge is 0.305 e. The van der Waals surface area contributed by atoms with E-state index < -0.39 is 5.97 Å². The molecule has 0 aliphatic carbocycles. The molecule has 0 saturated carbocycles. The molecule has 3 rings (SSSR count). The Morgan fingerprint density at radius 1 is 1.32 bits per heavy atom. The zero-order chi connectivity index (χ0) is 17.6. The van der Waals surface area contributed by atoms with Crippen LogP contribution >= 0.6 is 11.8 Å². The second-order valence-electron chi connectivity index (χ2n) is 5.50. The third-order valence-electron chi connectivity index (χ3n) is 3.74. The van der Waals surface area contributed by atoms with E-state index >= 15 is 0 Å². The molecule has 9 nitrogen and oxygen atoms in total. The quantitative estimate of drug-likeness (QED) is 0.796. The van der Waals surface area contributed by atoms with E-state index in [0.29, 0.717) is 30.4 Å². The first kappa shape index (κ1) is 17.3. The summed E-state index contributed by atoms with van der Waals surface area (Å²) in [6, 6.07) is 1.42. The van der Waals surface area contributed by atoms with Crippen molar-refractivity contribution in [3.05, 3.63) is 24.4 Å². The fraction of sp³-hybridized carbons (Fsp3) is 0.467. The minimum atomic E-state index is -0.894. The monoisotopic (exact) mass is 363 g/mol. The molecule has 1 unspecified atom stereocenters. The van der Waals surface area contributed by atoms with Crippen LogP contribution in [0.15, 0.2) is 23.0 Å². The number of amides is 1. The van der Waals surface area contributed by atoms with Crippen molar-refractivity contribution in [3.63, 3.8) is 0 Å². The van der Waals surface area contributed by atoms with Gasteiger partial charge in [-0.3, -0.25) is 9.59 Å². The Morgan fingerprint density at radius 2 is 2.12 bits per heavy atom. The fourth-order valence-electron chi connectivity index (χ4n) is 2.57. The Morgan fingerprint density at radius 3 is 2.88 bits per heavy atom. The van der Waals surface area contributed by atoms with Gasteiger partial charge in [-0.2, -0.15) is 16.7 Å². The maximum absolute atomic E-state index is 12.4. The second-order valence-corrected chi connectivity index (χ2v) is 6.65. The van der Waals surface area contributed by atoms with Crippen LogP contribution in [-0.2, 0) is 16.0 Å². The number of carbonyl (C=O) groups is 2. The Balaban J connectivity index is 1.58. The number of thioether (sulfide) groups is 1. The topological polar surface area (TPSA) is 122 Å². The zero-order valence-electron chi connectivity index (χ0n) is 13.4. The van der Waals surface area contributed by atoms with Gasteiger partial charge in [0.25, 0.3) is 0 Å². The van der Waals surface area contributed by atoms with Crippen LogP contribution < -0.4 is 0 Å². The van der Waals surface area contributed by atoms with Gasteiger partial charge in [0.1, 0.15) is 0 Å². The minimum absolute atomic E-state index is 0.0329. The molecular formula is C15H17N5O4S. The van der Waals surface area contributed by atoms with E-state index in [0.717, 1.165) is 5.75 Å². The summed E-state index contributed by atoms with van der Waals surface area (Å²) in [6.07, 6.45) is 3.62. The van der Waals surface area contributed by atoms with Crippen molar-refractivity contribution < 1.29 is 19.2 Å². The number of rotatable bonds is 6. The number of carboxylic acids is 1. The van der Waals surface area contributed by atoms with Crippen molar-refractivity contribution in [2.24, 2.45) is 0 Å². The van der Waals surface area contributed by atoms with Crippen LogP contribution in [0, 0.1) is 0 Å². The van der Waals surface area contributed by atoms with Crippen molar-refractivity contribution in [1.29, 1.82) is 0 Å². The summed E-state index contributed by atoms with van der Waals surface area (Å²) in [6.45, 7) is 0.564. The number of aryl methyl sites for hydroxylation is 1. The van der Waals surface area contributed by atoms with Crippen molar-refractivity contribution in [1.82, 2.24) is 25.0 Å². The number of aromatic nitrogens is 4. The number of aliphatic carboxylic acids is 1. The van der Waals surface area contributed by atoms with Gasteiger partial charge in [-0.25, -0.2) is 9.97 Å². The van der Waals surface area contributed by atoms with Crippen LogP contribution in [0.25, 0.3) is 11.6 Å². The molecule has 0 spiro atoms. The molecule has 1 aliphatic rings. The molecule has 25 heavy (non-hydrogen) atoms. The minimum Gasteiger partial charge on any atom is -0.481 e. The van der Waals surface area contributed by atoms with Gasteiger partial charge in [0.15, 0.2) is 0 Å². The molecule has 3 heterocycles. The van der Waals surface area contributed by atoms with E-state index in [1.807, 2.05) is 0 Å². The standard InChI is InChI=1S/C15H17N5O4S/c21-12(20-6-7-25-9-10(20)8-13(22)23)3-2-11-18-15(19-24-11)14-16-4-1-5-17-14/h1,4-5,10H,2-3,6-9H2,(H,22,23). The molecule has 2 aromatic rings. The molecule has 2 aromatic heterocycles. The largest absolute Gasteiger partial charge is 0.481 e. The third-order valence-corrected chi connectivity index (χ3v) is 4.84. The number of carboxylic acid groups (broad SMARTS) is 1. The van der Waals surface area contributed by atoms with E-state index in [9.17, 15) is 9.59 Å². The Labute approximate surface area is 147 Å². The second kappa shape index (κ2) is 8.06. The summed E-state index contributed by atoms with van der Waals surface area (Å²) in [7, 11) is 0. The molecule has 0 aromatic carbocycles. The van der Waals surface area contributed by atoms with Gasteiger partial charge in [0.05, 0.1) is 12.5 Å². The number of carbonyl (C=O) groups excluding carboxylic acids is 1. The summed E-state index contributed by atoms with van der Waals surface area (Å²) in [5.41, 5.74) is 0. The molecule has 1 atom stereocenters. The number of hydrogen-bond donors (Lipinski definition) is 1. The first-order chi connectivity index (χ1) is 12.1. The van der Waals surface area contributed by atoms with Crippen molar-refractivity contribution >= 4 is 23.6 Å². The van der Waals surface area contributed by atoms with Gasteiger partial charge in [-0.05, 0) is 6.07 Å². The summed E-state index contributed by atoms with van der Waals surface area (Å²) in [4.78, 5) is 37.3. The highest BCUT2D eigenvalue weighted by molar-refractivity contribution is 7.99. The van der Waals surface area contributed by atoms with Crippen LogP contribution in [0.2, 0.25) is 0 Å². The van der Waals surface area contributed by atoms with Gasteiger partial charge >= 0.3 is 5.97 Å². The maximum atomic E-state index is 12.4. The van der Waals surface area contributed by atoms with Gasteiger partial charge in [-0.15, -0.1) is 0 Å². The van der Waals surface area contributed by atoms with Crippen LogP contribution in [-0.4, -0.2) is 66.1 Å². The van der Waals surface area contributed by atoms with Gasteiger partial charge in [-0.1, -0.05) is 5.16 Å². The van der Waals surface area contributed by atoms with E-state index in [2.05, 4.69) is 20.1 Å². The maximum Gasteiger partial charge on any atom is 0.305 e. The zero-order valence-corrected chi connectivity index (χ0v) is 14.2. The molecule has 1 N–H and O–H groups in total. The van der Waals surface area contributed by atoms with Crippen molar-refractivity contribution in [2.75, 3.05) is 18.1 Å². The van der Waals surface area contributed by atoms with Crippen LogP contribution in [0.4, 0.5) is 0 Å². The lowest BCUT2D eigenvalue weighted by molar-refractivity contribution is -0.140. The Hall–Kier alpha value is -2.49. The van der Waals surface area contributed by atoms with E-state index in [4.69, 9.17) is 9.63 Å². The average molecular weight is 363 g/mol. The van der Waals surface area contributed by atoms with Crippen molar-refractivity contribution in [2.45, 2.75) is 25.3 Å².